The summed E-state index contributed by atoms with van der Waals surface area (Å²) < 4.78 is 38.0. The van der Waals surface area contributed by atoms with E-state index in [1.165, 1.54) is 36.7 Å². The van der Waals surface area contributed by atoms with Gasteiger partial charge in [-0.1, -0.05) is 6.42 Å². The zero-order chi connectivity index (χ0) is 19.7. The lowest BCUT2D eigenvalue weighted by molar-refractivity contribution is -0.117. The highest BCUT2D eigenvalue weighted by atomic mass is 32.2. The van der Waals surface area contributed by atoms with Crippen LogP contribution in [0, 0.1) is 17.8 Å². The second-order valence-corrected chi connectivity index (χ2v) is 9.98. The zero-order valence-corrected chi connectivity index (χ0v) is 17.0. The fourth-order valence-electron chi connectivity index (χ4n) is 4.96. The van der Waals surface area contributed by atoms with Crippen LogP contribution in [-0.2, 0) is 19.6 Å². The van der Waals surface area contributed by atoms with Crippen molar-refractivity contribution in [2.24, 2.45) is 17.8 Å². The molecule has 2 saturated carbocycles. The van der Waals surface area contributed by atoms with E-state index in [0.717, 1.165) is 12.3 Å². The average molecular weight is 409 g/mol. The topological polar surface area (TPSA) is 84.9 Å². The van der Waals surface area contributed by atoms with Crippen molar-refractivity contribution in [2.75, 3.05) is 38.7 Å². The molecular weight excluding hydrogens is 380 g/mol. The SMILES string of the molecule is COc1ccc(NC(=O)C[C@H]2C[C@@H]3CC[C@@H]2C3)cc1S(=O)(=O)N1CCOCC1. The van der Waals surface area contributed by atoms with E-state index in [1.54, 1.807) is 12.1 Å². The summed E-state index contributed by atoms with van der Waals surface area (Å²) in [6, 6.07) is 4.79. The number of methoxy groups -OCH3 is 1. The summed E-state index contributed by atoms with van der Waals surface area (Å²) in [5.41, 5.74) is 0.487. The normalized spacial score (nSPS) is 27.7. The van der Waals surface area contributed by atoms with Gasteiger partial charge < -0.3 is 14.8 Å². The van der Waals surface area contributed by atoms with Crippen molar-refractivity contribution < 1.29 is 22.7 Å². The summed E-state index contributed by atoms with van der Waals surface area (Å²) in [6.45, 7) is 1.38. The van der Waals surface area contributed by atoms with Gasteiger partial charge >= 0.3 is 0 Å². The molecule has 2 bridgehead atoms. The van der Waals surface area contributed by atoms with Gasteiger partial charge in [0.1, 0.15) is 10.6 Å². The quantitative estimate of drug-likeness (QED) is 0.782. The van der Waals surface area contributed by atoms with Crippen LogP contribution in [0.15, 0.2) is 23.1 Å². The molecule has 1 amide bonds. The Morgan fingerprint density at radius 2 is 2.04 bits per heavy atom. The maximum atomic E-state index is 13.0. The van der Waals surface area contributed by atoms with E-state index in [-0.39, 0.29) is 16.6 Å². The van der Waals surface area contributed by atoms with Crippen molar-refractivity contribution in [3.63, 3.8) is 0 Å². The fraction of sp³-hybridized carbons (Fsp3) is 0.650. The van der Waals surface area contributed by atoms with Crippen LogP contribution in [0.1, 0.15) is 32.1 Å². The van der Waals surface area contributed by atoms with Crippen LogP contribution in [0.25, 0.3) is 0 Å². The molecule has 1 aromatic rings. The van der Waals surface area contributed by atoms with Crippen molar-refractivity contribution in [2.45, 2.75) is 37.0 Å². The molecular formula is C20H28N2O5S. The number of anilines is 1. The molecule has 1 aliphatic heterocycles. The number of fused-ring (bicyclic) bond motifs is 2. The Kier molecular flexibility index (Phi) is 5.62. The minimum Gasteiger partial charge on any atom is -0.495 e. The maximum absolute atomic E-state index is 13.0. The molecule has 154 valence electrons. The zero-order valence-electron chi connectivity index (χ0n) is 16.2. The van der Waals surface area contributed by atoms with Crippen molar-refractivity contribution in [1.29, 1.82) is 0 Å². The van der Waals surface area contributed by atoms with Gasteiger partial charge in [0.05, 0.1) is 20.3 Å². The van der Waals surface area contributed by atoms with Crippen LogP contribution < -0.4 is 10.1 Å². The Hall–Kier alpha value is -1.64. The third-order valence-electron chi connectivity index (χ3n) is 6.37. The number of hydrogen-bond acceptors (Lipinski definition) is 5. The number of carbonyl (C=O) groups is 1. The van der Waals surface area contributed by atoms with Crippen molar-refractivity contribution in [3.8, 4) is 5.75 Å². The van der Waals surface area contributed by atoms with Crippen LogP contribution in [0.3, 0.4) is 0 Å². The van der Waals surface area contributed by atoms with E-state index in [2.05, 4.69) is 5.32 Å². The molecule has 1 aromatic carbocycles. The molecule has 3 fully saturated rings. The second kappa shape index (κ2) is 8.00. The molecule has 3 aliphatic rings. The Labute approximate surface area is 166 Å². The molecule has 0 radical (unpaired) electrons. The second-order valence-electron chi connectivity index (χ2n) is 8.07. The summed E-state index contributed by atoms with van der Waals surface area (Å²) in [7, 11) is -2.27. The van der Waals surface area contributed by atoms with Crippen LogP contribution in [0.4, 0.5) is 5.69 Å². The molecule has 8 heteroatoms. The first-order valence-corrected chi connectivity index (χ1v) is 11.5. The summed E-state index contributed by atoms with van der Waals surface area (Å²) in [4.78, 5) is 12.6. The van der Waals surface area contributed by atoms with E-state index < -0.39 is 10.0 Å². The number of amides is 1. The lowest BCUT2D eigenvalue weighted by atomic mass is 9.86. The number of nitrogens with one attached hydrogen (secondary N) is 1. The monoisotopic (exact) mass is 408 g/mol. The average Bonchev–Trinajstić information content (AvgIpc) is 3.31. The van der Waals surface area contributed by atoms with Gasteiger partial charge in [-0.05, 0) is 55.2 Å². The molecule has 28 heavy (non-hydrogen) atoms. The Morgan fingerprint density at radius 1 is 1.25 bits per heavy atom. The van der Waals surface area contributed by atoms with Gasteiger partial charge in [0.25, 0.3) is 0 Å². The smallest absolute Gasteiger partial charge is 0.246 e. The summed E-state index contributed by atoms with van der Waals surface area (Å²) in [5.74, 6) is 2.18. The molecule has 3 atom stereocenters. The third kappa shape index (κ3) is 3.90. The van der Waals surface area contributed by atoms with Crippen molar-refractivity contribution in [1.82, 2.24) is 4.31 Å². The summed E-state index contributed by atoms with van der Waals surface area (Å²) >= 11 is 0. The minimum atomic E-state index is -3.72. The predicted octanol–water partition coefficient (Wildman–Crippen LogP) is 2.48. The van der Waals surface area contributed by atoms with Gasteiger partial charge in [0.2, 0.25) is 15.9 Å². The highest BCUT2D eigenvalue weighted by Gasteiger charge is 2.40. The number of sulfonamides is 1. The van der Waals surface area contributed by atoms with E-state index in [4.69, 9.17) is 9.47 Å². The number of rotatable bonds is 6. The molecule has 1 saturated heterocycles. The third-order valence-corrected chi connectivity index (χ3v) is 8.29. The molecule has 1 heterocycles. The highest BCUT2D eigenvalue weighted by Crippen LogP contribution is 2.49. The highest BCUT2D eigenvalue weighted by molar-refractivity contribution is 7.89. The molecule has 2 aliphatic carbocycles. The van der Waals surface area contributed by atoms with Gasteiger partial charge in [-0.3, -0.25) is 4.79 Å². The van der Waals surface area contributed by atoms with Crippen molar-refractivity contribution in [3.05, 3.63) is 18.2 Å². The standard InChI is InChI=1S/C20H28N2O5S/c1-26-18-5-4-17(13-19(18)28(24,25)22-6-8-27-9-7-22)21-20(23)12-16-11-14-2-3-15(16)10-14/h4-5,13-16H,2-3,6-12H2,1H3,(H,21,23)/t14-,15-,16-/m1/s1. The van der Waals surface area contributed by atoms with E-state index in [0.29, 0.717) is 50.2 Å². The van der Waals surface area contributed by atoms with E-state index in [9.17, 15) is 13.2 Å². The van der Waals surface area contributed by atoms with Gasteiger partial charge in [-0.25, -0.2) is 8.42 Å². The predicted molar refractivity (Wildman–Crippen MR) is 105 cm³/mol. The van der Waals surface area contributed by atoms with E-state index >= 15 is 0 Å². The maximum Gasteiger partial charge on any atom is 0.246 e. The van der Waals surface area contributed by atoms with Crippen LogP contribution in [-0.4, -0.2) is 52.0 Å². The number of ether oxygens (including phenoxy) is 2. The molecule has 0 spiro atoms. The summed E-state index contributed by atoms with van der Waals surface area (Å²) in [5, 5.41) is 2.89. The van der Waals surface area contributed by atoms with Crippen LogP contribution >= 0.6 is 0 Å². The van der Waals surface area contributed by atoms with Gasteiger partial charge in [-0.15, -0.1) is 0 Å². The number of nitrogens with zero attached hydrogens (tertiary/aromatic N) is 1. The first kappa shape index (κ1) is 19.7. The number of morpholine rings is 1. The van der Waals surface area contributed by atoms with Gasteiger partial charge in [0.15, 0.2) is 0 Å². The Bertz CT molecular complexity index is 835. The summed E-state index contributed by atoms with van der Waals surface area (Å²) in [6.07, 6.45) is 5.48. The molecule has 0 aromatic heterocycles. The first-order valence-electron chi connectivity index (χ1n) is 10.0. The molecule has 0 unspecified atom stereocenters. The van der Waals surface area contributed by atoms with Crippen LogP contribution in [0.5, 0.6) is 5.75 Å². The number of benzene rings is 1. The number of hydrogen-bond donors (Lipinski definition) is 1. The van der Waals surface area contributed by atoms with Crippen molar-refractivity contribution >= 4 is 21.6 Å². The Morgan fingerprint density at radius 3 is 2.68 bits per heavy atom. The largest absolute Gasteiger partial charge is 0.495 e. The van der Waals surface area contributed by atoms with Crippen LogP contribution in [0.2, 0.25) is 0 Å². The van der Waals surface area contributed by atoms with Gasteiger partial charge in [-0.2, -0.15) is 4.31 Å². The fourth-order valence-corrected chi connectivity index (χ4v) is 6.55. The Balaban J connectivity index is 1.49. The van der Waals surface area contributed by atoms with E-state index in [1.807, 2.05) is 0 Å². The molecule has 1 N–H and O–H groups in total. The molecule has 4 rings (SSSR count). The molecule has 7 nitrogen and oxygen atoms in total. The number of carbonyl (C=O) groups excluding carboxylic acids is 1. The minimum absolute atomic E-state index is 0.0440. The lowest BCUT2D eigenvalue weighted by Gasteiger charge is -2.27. The van der Waals surface area contributed by atoms with Gasteiger partial charge in [0, 0.05) is 25.2 Å². The first-order chi connectivity index (χ1) is 13.5. The lowest BCUT2D eigenvalue weighted by Crippen LogP contribution is -2.40.